The van der Waals surface area contributed by atoms with Gasteiger partial charge in [0.1, 0.15) is 18.0 Å². The van der Waals surface area contributed by atoms with Crippen LogP contribution in [-0.4, -0.2) is 24.7 Å². The monoisotopic (exact) mass is 316 g/mol. The Morgan fingerprint density at radius 3 is 2.30 bits per heavy atom. The van der Waals surface area contributed by atoms with E-state index in [9.17, 15) is 9.59 Å². The minimum Gasteiger partial charge on any atom is -0.497 e. The Balaban J connectivity index is 2.22. The SMILES string of the molecule is COc1ccc(OC)c(NC(=O)Cn2c(C)cc(=O)cc2C)c1. The number of amides is 1. The molecule has 6 heteroatoms. The predicted octanol–water partition coefficient (Wildman–Crippen LogP) is 2.12. The number of anilines is 1. The van der Waals surface area contributed by atoms with E-state index < -0.39 is 0 Å². The van der Waals surface area contributed by atoms with Crippen LogP contribution in [0.2, 0.25) is 0 Å². The summed E-state index contributed by atoms with van der Waals surface area (Å²) in [4.78, 5) is 23.8. The molecular formula is C17H20N2O4. The van der Waals surface area contributed by atoms with E-state index in [2.05, 4.69) is 5.32 Å². The van der Waals surface area contributed by atoms with E-state index in [0.717, 1.165) is 11.4 Å². The first-order valence-electron chi connectivity index (χ1n) is 7.14. The van der Waals surface area contributed by atoms with Crippen molar-refractivity contribution >= 4 is 11.6 Å². The lowest BCUT2D eigenvalue weighted by atomic mass is 10.2. The summed E-state index contributed by atoms with van der Waals surface area (Å²) in [6, 6.07) is 8.19. The second-order valence-electron chi connectivity index (χ2n) is 5.17. The molecule has 1 N–H and O–H groups in total. The minimum atomic E-state index is -0.216. The van der Waals surface area contributed by atoms with Gasteiger partial charge >= 0.3 is 0 Å². The molecule has 0 atom stereocenters. The molecule has 0 aliphatic heterocycles. The molecule has 0 spiro atoms. The highest BCUT2D eigenvalue weighted by Gasteiger charge is 2.11. The number of pyridine rings is 1. The second kappa shape index (κ2) is 7.00. The van der Waals surface area contributed by atoms with Gasteiger partial charge in [-0.2, -0.15) is 0 Å². The number of carbonyl (C=O) groups is 1. The maximum absolute atomic E-state index is 12.3. The van der Waals surface area contributed by atoms with Gasteiger partial charge in [0.05, 0.1) is 19.9 Å². The van der Waals surface area contributed by atoms with E-state index >= 15 is 0 Å². The lowest BCUT2D eigenvalue weighted by molar-refractivity contribution is -0.116. The molecule has 6 nitrogen and oxygen atoms in total. The summed E-state index contributed by atoms with van der Waals surface area (Å²) in [5.74, 6) is 0.954. The van der Waals surface area contributed by atoms with Gasteiger partial charge in [0.15, 0.2) is 5.43 Å². The Morgan fingerprint density at radius 1 is 1.09 bits per heavy atom. The van der Waals surface area contributed by atoms with Crippen LogP contribution in [0.1, 0.15) is 11.4 Å². The number of nitrogens with zero attached hydrogens (tertiary/aromatic N) is 1. The van der Waals surface area contributed by atoms with Crippen molar-refractivity contribution in [2.24, 2.45) is 0 Å². The van der Waals surface area contributed by atoms with Crippen LogP contribution in [0.4, 0.5) is 5.69 Å². The number of aryl methyl sites for hydroxylation is 2. The first kappa shape index (κ1) is 16.6. The third kappa shape index (κ3) is 3.91. The lowest BCUT2D eigenvalue weighted by Crippen LogP contribution is -2.23. The molecule has 0 bridgehead atoms. The fraction of sp³-hybridized carbons (Fsp3) is 0.294. The van der Waals surface area contributed by atoms with E-state index in [4.69, 9.17) is 9.47 Å². The quantitative estimate of drug-likeness (QED) is 0.917. The van der Waals surface area contributed by atoms with Crippen molar-refractivity contribution in [3.63, 3.8) is 0 Å². The number of rotatable bonds is 5. The van der Waals surface area contributed by atoms with Gasteiger partial charge in [0, 0.05) is 29.6 Å². The maximum atomic E-state index is 12.3. The largest absolute Gasteiger partial charge is 0.497 e. The Hall–Kier alpha value is -2.76. The molecule has 2 rings (SSSR count). The molecule has 0 unspecified atom stereocenters. The third-order valence-electron chi connectivity index (χ3n) is 3.54. The summed E-state index contributed by atoms with van der Waals surface area (Å²) in [5.41, 5.74) is 1.95. The average molecular weight is 316 g/mol. The standard InChI is InChI=1S/C17H20N2O4/c1-11-7-13(20)8-12(2)19(11)10-17(21)18-15-9-14(22-3)5-6-16(15)23-4/h5-9H,10H2,1-4H3,(H,18,21). The van der Waals surface area contributed by atoms with Crippen molar-refractivity contribution < 1.29 is 14.3 Å². The molecule has 1 aromatic heterocycles. The Bertz CT molecular complexity index is 754. The fourth-order valence-corrected chi connectivity index (χ4v) is 2.38. The normalized spacial score (nSPS) is 10.3. The van der Waals surface area contributed by atoms with Crippen molar-refractivity contribution in [2.45, 2.75) is 20.4 Å². The van der Waals surface area contributed by atoms with Crippen LogP contribution in [0.25, 0.3) is 0 Å². The van der Waals surface area contributed by atoms with Gasteiger partial charge in [-0.25, -0.2) is 0 Å². The van der Waals surface area contributed by atoms with E-state index in [1.54, 1.807) is 43.7 Å². The molecular weight excluding hydrogens is 296 g/mol. The molecule has 0 radical (unpaired) electrons. The smallest absolute Gasteiger partial charge is 0.244 e. The molecule has 1 heterocycles. The Labute approximate surface area is 134 Å². The van der Waals surface area contributed by atoms with Gasteiger partial charge in [0.2, 0.25) is 5.91 Å². The Kier molecular flexibility index (Phi) is 5.05. The summed E-state index contributed by atoms with van der Waals surface area (Å²) < 4.78 is 12.2. The van der Waals surface area contributed by atoms with Crippen LogP contribution in [0.15, 0.2) is 35.1 Å². The number of ether oxygens (including phenoxy) is 2. The summed E-state index contributed by atoms with van der Waals surface area (Å²) in [7, 11) is 3.09. The molecule has 1 amide bonds. The lowest BCUT2D eigenvalue weighted by Gasteiger charge is -2.15. The fourth-order valence-electron chi connectivity index (χ4n) is 2.38. The zero-order valence-corrected chi connectivity index (χ0v) is 13.7. The second-order valence-corrected chi connectivity index (χ2v) is 5.17. The van der Waals surface area contributed by atoms with Gasteiger partial charge in [-0.15, -0.1) is 0 Å². The number of carbonyl (C=O) groups excluding carboxylic acids is 1. The van der Waals surface area contributed by atoms with Crippen molar-refractivity contribution in [1.82, 2.24) is 4.57 Å². The van der Waals surface area contributed by atoms with Crippen LogP contribution < -0.4 is 20.2 Å². The van der Waals surface area contributed by atoms with Crippen LogP contribution in [0.3, 0.4) is 0 Å². The number of hydrogen-bond donors (Lipinski definition) is 1. The summed E-state index contributed by atoms with van der Waals surface area (Å²) in [5, 5.41) is 2.81. The van der Waals surface area contributed by atoms with E-state index in [-0.39, 0.29) is 17.9 Å². The predicted molar refractivity (Wildman–Crippen MR) is 88.4 cm³/mol. The summed E-state index contributed by atoms with van der Waals surface area (Å²) in [6.07, 6.45) is 0. The molecule has 1 aromatic carbocycles. The van der Waals surface area contributed by atoms with Gasteiger partial charge in [-0.3, -0.25) is 9.59 Å². The van der Waals surface area contributed by atoms with E-state index in [1.165, 1.54) is 19.2 Å². The van der Waals surface area contributed by atoms with Crippen molar-refractivity contribution in [1.29, 1.82) is 0 Å². The van der Waals surface area contributed by atoms with Crippen molar-refractivity contribution in [3.05, 3.63) is 51.9 Å². The van der Waals surface area contributed by atoms with Gasteiger partial charge in [-0.1, -0.05) is 0 Å². The summed E-state index contributed by atoms with van der Waals surface area (Å²) >= 11 is 0. The van der Waals surface area contributed by atoms with Crippen LogP contribution in [0, 0.1) is 13.8 Å². The highest BCUT2D eigenvalue weighted by molar-refractivity contribution is 5.92. The van der Waals surface area contributed by atoms with Crippen LogP contribution in [0.5, 0.6) is 11.5 Å². The number of aromatic nitrogens is 1. The van der Waals surface area contributed by atoms with Crippen LogP contribution >= 0.6 is 0 Å². The molecule has 23 heavy (non-hydrogen) atoms. The zero-order chi connectivity index (χ0) is 17.0. The molecule has 0 fully saturated rings. The molecule has 122 valence electrons. The molecule has 2 aromatic rings. The average Bonchev–Trinajstić information content (AvgIpc) is 2.50. The Morgan fingerprint density at radius 2 is 1.74 bits per heavy atom. The third-order valence-corrected chi connectivity index (χ3v) is 3.54. The van der Waals surface area contributed by atoms with Crippen molar-refractivity contribution in [2.75, 3.05) is 19.5 Å². The maximum Gasteiger partial charge on any atom is 0.244 e. The van der Waals surface area contributed by atoms with Crippen molar-refractivity contribution in [3.8, 4) is 11.5 Å². The topological polar surface area (TPSA) is 69.6 Å². The number of benzene rings is 1. The molecule has 0 saturated carbocycles. The minimum absolute atomic E-state index is 0.0638. The number of hydrogen-bond acceptors (Lipinski definition) is 4. The van der Waals surface area contributed by atoms with Gasteiger partial charge in [0.25, 0.3) is 0 Å². The number of nitrogens with one attached hydrogen (secondary N) is 1. The van der Waals surface area contributed by atoms with Gasteiger partial charge in [-0.05, 0) is 26.0 Å². The molecule has 0 aliphatic carbocycles. The van der Waals surface area contributed by atoms with E-state index in [0.29, 0.717) is 17.2 Å². The highest BCUT2D eigenvalue weighted by Crippen LogP contribution is 2.28. The molecule has 0 saturated heterocycles. The molecule has 0 aliphatic rings. The first-order valence-corrected chi connectivity index (χ1v) is 7.14. The van der Waals surface area contributed by atoms with Gasteiger partial charge < -0.3 is 19.4 Å². The highest BCUT2D eigenvalue weighted by atomic mass is 16.5. The van der Waals surface area contributed by atoms with E-state index in [1.807, 2.05) is 0 Å². The summed E-state index contributed by atoms with van der Waals surface area (Å²) in [6.45, 7) is 3.71. The zero-order valence-electron chi connectivity index (χ0n) is 13.7. The van der Waals surface area contributed by atoms with Crippen LogP contribution in [-0.2, 0) is 11.3 Å². The first-order chi connectivity index (χ1) is 10.9. The number of methoxy groups -OCH3 is 2.